The third-order valence-electron chi connectivity index (χ3n) is 12.7. The largest absolute Gasteiger partial charge is 0.462 e. The molecule has 1 heterocycles. The van der Waals surface area contributed by atoms with Crippen molar-refractivity contribution in [3.8, 4) is 0 Å². The van der Waals surface area contributed by atoms with E-state index in [9.17, 15) is 37.9 Å². The summed E-state index contributed by atoms with van der Waals surface area (Å²) in [6.45, 7) is 3.76. The predicted octanol–water partition coefficient (Wildman–Crippen LogP) is 12.9. The van der Waals surface area contributed by atoms with Crippen LogP contribution in [0.3, 0.4) is 0 Å². The van der Waals surface area contributed by atoms with Gasteiger partial charge in [-0.1, -0.05) is 217 Å². The molecule has 0 spiro atoms. The number of esters is 2. The topological polar surface area (TPSA) is 186 Å². The zero-order chi connectivity index (χ0) is 49.8. The van der Waals surface area contributed by atoms with E-state index in [0.717, 1.165) is 64.2 Å². The Kier molecular flexibility index (Phi) is 42.1. The number of unbranched alkanes of at least 4 members (excludes halogenated alkanes) is 29. The molecule has 13 heteroatoms. The Labute approximate surface area is 414 Å². The van der Waals surface area contributed by atoms with Gasteiger partial charge in [0.05, 0.1) is 6.61 Å². The molecular formula is C55H100O12S. The molecule has 0 bridgehead atoms. The molecule has 0 radical (unpaired) electrons. The van der Waals surface area contributed by atoms with Gasteiger partial charge in [-0.2, -0.15) is 8.42 Å². The van der Waals surface area contributed by atoms with Crippen LogP contribution in [0.2, 0.25) is 0 Å². The van der Waals surface area contributed by atoms with E-state index in [-0.39, 0.29) is 19.4 Å². The summed E-state index contributed by atoms with van der Waals surface area (Å²) >= 11 is 0. The van der Waals surface area contributed by atoms with Crippen molar-refractivity contribution in [3.05, 3.63) is 36.5 Å². The SMILES string of the molecule is CCCCC/C=C/C/C=C/C/C=C/CCCCCCC(=O)O[C@H](COC(=O)CCCCCCCCCCCCCCCCCCCCCCCCC)CO[C@H]1O[C@H](CS(=O)(=O)O)[C@@H](O)C(O)C1O. The van der Waals surface area contributed by atoms with E-state index in [2.05, 4.69) is 50.3 Å². The summed E-state index contributed by atoms with van der Waals surface area (Å²) in [5, 5.41) is 31.0. The van der Waals surface area contributed by atoms with Gasteiger partial charge < -0.3 is 34.3 Å². The fourth-order valence-corrected chi connectivity index (χ4v) is 9.14. The minimum atomic E-state index is -4.61. The molecule has 1 rings (SSSR count). The maximum Gasteiger partial charge on any atom is 0.306 e. The molecule has 0 saturated carbocycles. The maximum absolute atomic E-state index is 12.9. The first-order valence-electron chi connectivity index (χ1n) is 27.5. The molecule has 1 aliphatic heterocycles. The summed E-state index contributed by atoms with van der Waals surface area (Å²) in [5.41, 5.74) is 0. The second-order valence-corrected chi connectivity index (χ2v) is 20.8. The Bertz CT molecular complexity index is 1380. The molecule has 0 aromatic carbocycles. The molecule has 0 aromatic rings. The van der Waals surface area contributed by atoms with Gasteiger partial charge in [0.2, 0.25) is 0 Å². The first-order valence-corrected chi connectivity index (χ1v) is 29.2. The number of carbonyl (C=O) groups excluding carboxylic acids is 2. The van der Waals surface area contributed by atoms with Crippen molar-refractivity contribution in [2.24, 2.45) is 0 Å². The molecule has 1 fully saturated rings. The van der Waals surface area contributed by atoms with Gasteiger partial charge in [-0.05, 0) is 51.4 Å². The third kappa shape index (κ3) is 38.6. The molecule has 1 saturated heterocycles. The van der Waals surface area contributed by atoms with Crippen LogP contribution in [-0.4, -0.2) is 96.0 Å². The lowest BCUT2D eigenvalue weighted by Crippen LogP contribution is -2.60. The Morgan fingerprint density at radius 2 is 0.882 bits per heavy atom. The normalized spacial score (nSPS) is 19.4. The van der Waals surface area contributed by atoms with Crippen molar-refractivity contribution in [1.82, 2.24) is 0 Å². The lowest BCUT2D eigenvalue weighted by atomic mass is 10.00. The molecule has 1 aliphatic rings. The average Bonchev–Trinajstić information content (AvgIpc) is 3.31. The van der Waals surface area contributed by atoms with Gasteiger partial charge in [0.25, 0.3) is 10.1 Å². The zero-order valence-corrected chi connectivity index (χ0v) is 43.8. The molecule has 4 N–H and O–H groups in total. The fraction of sp³-hybridized carbons (Fsp3) is 0.855. The number of hydrogen-bond acceptors (Lipinski definition) is 11. The van der Waals surface area contributed by atoms with E-state index in [1.54, 1.807) is 0 Å². The lowest BCUT2D eigenvalue weighted by molar-refractivity contribution is -0.297. The van der Waals surface area contributed by atoms with Crippen LogP contribution in [0.5, 0.6) is 0 Å². The highest BCUT2D eigenvalue weighted by molar-refractivity contribution is 7.85. The highest BCUT2D eigenvalue weighted by atomic mass is 32.2. The van der Waals surface area contributed by atoms with Gasteiger partial charge >= 0.3 is 11.9 Å². The second-order valence-electron chi connectivity index (χ2n) is 19.3. The highest BCUT2D eigenvalue weighted by Gasteiger charge is 2.46. The summed E-state index contributed by atoms with van der Waals surface area (Å²) in [7, 11) is -4.61. The molecule has 68 heavy (non-hydrogen) atoms. The van der Waals surface area contributed by atoms with Gasteiger partial charge in [0.1, 0.15) is 36.8 Å². The number of allylic oxidation sites excluding steroid dienone is 6. The Morgan fingerprint density at radius 3 is 1.34 bits per heavy atom. The van der Waals surface area contributed by atoms with Crippen molar-refractivity contribution in [2.45, 2.75) is 282 Å². The van der Waals surface area contributed by atoms with Gasteiger partial charge in [0, 0.05) is 12.8 Å². The first kappa shape index (κ1) is 63.9. The van der Waals surface area contributed by atoms with E-state index in [1.807, 2.05) is 0 Å². The number of rotatable bonds is 47. The summed E-state index contributed by atoms with van der Waals surface area (Å²) in [6.07, 6.45) is 44.7. The summed E-state index contributed by atoms with van der Waals surface area (Å²) in [6, 6.07) is 0. The minimum Gasteiger partial charge on any atom is -0.462 e. The molecule has 398 valence electrons. The summed E-state index contributed by atoms with van der Waals surface area (Å²) < 4.78 is 54.3. The Morgan fingerprint density at radius 1 is 0.500 bits per heavy atom. The van der Waals surface area contributed by atoms with Crippen molar-refractivity contribution in [2.75, 3.05) is 19.0 Å². The van der Waals surface area contributed by atoms with Crippen molar-refractivity contribution in [1.29, 1.82) is 0 Å². The highest BCUT2D eigenvalue weighted by Crippen LogP contribution is 2.24. The monoisotopic (exact) mass is 985 g/mol. The van der Waals surface area contributed by atoms with Crippen molar-refractivity contribution < 1.29 is 56.8 Å². The second kappa shape index (κ2) is 44.8. The predicted molar refractivity (Wildman–Crippen MR) is 275 cm³/mol. The molecule has 0 aliphatic carbocycles. The standard InChI is InChI=1S/C55H100O12S/c1-3-5-7-9-11-13-15-17-19-21-22-23-24-25-26-28-29-31-33-35-37-39-41-43-50(56)64-45-48(46-65-55-54(60)53(59)52(58)49(67-55)47-68(61,62)63)66-51(57)44-42-40-38-36-34-32-30-27-20-18-16-14-12-10-8-6-4-2/h12,14,18,20,30,32,48-49,52-55,58-60H,3-11,13,15-17,19,21-29,31,33-47H2,1-2H3,(H,61,62,63)/b14-12+,20-18+,32-30+/t48-,49-,52-,53?,54?,55+/m1/s1. The summed E-state index contributed by atoms with van der Waals surface area (Å²) in [4.78, 5) is 25.6. The number of aliphatic hydroxyl groups is 3. The van der Waals surface area contributed by atoms with Crippen LogP contribution >= 0.6 is 0 Å². The number of ether oxygens (including phenoxy) is 4. The van der Waals surface area contributed by atoms with Crippen LogP contribution in [0.4, 0.5) is 0 Å². The van der Waals surface area contributed by atoms with Crippen LogP contribution < -0.4 is 0 Å². The fourth-order valence-electron chi connectivity index (χ4n) is 8.45. The van der Waals surface area contributed by atoms with Crippen LogP contribution in [0, 0.1) is 0 Å². The smallest absolute Gasteiger partial charge is 0.306 e. The molecule has 6 atom stereocenters. The van der Waals surface area contributed by atoms with Crippen LogP contribution in [-0.2, 0) is 38.7 Å². The number of carbonyl (C=O) groups is 2. The minimum absolute atomic E-state index is 0.140. The Hall–Kier alpha value is -2.13. The van der Waals surface area contributed by atoms with Crippen molar-refractivity contribution >= 4 is 22.1 Å². The molecule has 0 aromatic heterocycles. The van der Waals surface area contributed by atoms with Gasteiger partial charge in [-0.3, -0.25) is 14.1 Å². The zero-order valence-electron chi connectivity index (χ0n) is 43.0. The lowest BCUT2D eigenvalue weighted by Gasteiger charge is -2.40. The van der Waals surface area contributed by atoms with Crippen LogP contribution in [0.1, 0.15) is 245 Å². The molecular weight excluding hydrogens is 885 g/mol. The van der Waals surface area contributed by atoms with E-state index < -0.39 is 71.2 Å². The van der Waals surface area contributed by atoms with E-state index >= 15 is 0 Å². The molecule has 0 amide bonds. The van der Waals surface area contributed by atoms with E-state index in [0.29, 0.717) is 12.8 Å². The third-order valence-corrected chi connectivity index (χ3v) is 13.5. The van der Waals surface area contributed by atoms with Crippen molar-refractivity contribution in [3.63, 3.8) is 0 Å². The molecule has 12 nitrogen and oxygen atoms in total. The maximum atomic E-state index is 12.9. The summed E-state index contributed by atoms with van der Waals surface area (Å²) in [5.74, 6) is -2.00. The van der Waals surface area contributed by atoms with Gasteiger partial charge in [-0.15, -0.1) is 0 Å². The van der Waals surface area contributed by atoms with Crippen LogP contribution in [0.25, 0.3) is 0 Å². The average molecular weight is 985 g/mol. The number of aliphatic hydroxyl groups excluding tert-OH is 3. The van der Waals surface area contributed by atoms with Gasteiger partial charge in [0.15, 0.2) is 12.4 Å². The van der Waals surface area contributed by atoms with E-state index in [4.69, 9.17) is 18.9 Å². The van der Waals surface area contributed by atoms with E-state index in [1.165, 1.54) is 141 Å². The number of hydrogen-bond donors (Lipinski definition) is 4. The van der Waals surface area contributed by atoms with Gasteiger partial charge in [-0.25, -0.2) is 0 Å². The van der Waals surface area contributed by atoms with Crippen LogP contribution in [0.15, 0.2) is 36.5 Å². The quantitative estimate of drug-likeness (QED) is 0.0196. The molecule has 2 unspecified atom stereocenters. The first-order chi connectivity index (χ1) is 33.0. The Balaban J connectivity index is 2.33.